The number of rotatable bonds is 4. The zero-order valence-corrected chi connectivity index (χ0v) is 20.4. The Labute approximate surface area is 191 Å². The number of carbonyl (C=O) groups is 1. The van der Waals surface area contributed by atoms with Crippen LogP contribution in [0.3, 0.4) is 0 Å². The minimum atomic E-state index is -0.125. The van der Waals surface area contributed by atoms with E-state index in [0.29, 0.717) is 11.5 Å². The van der Waals surface area contributed by atoms with Crippen LogP contribution in [-0.2, 0) is 24.9 Å². The Hall–Kier alpha value is -2.69. The number of benzene rings is 2. The van der Waals surface area contributed by atoms with Gasteiger partial charge in [0.05, 0.1) is 25.5 Å². The number of aliphatic hydroxyl groups is 1. The van der Waals surface area contributed by atoms with Gasteiger partial charge in [-0.15, -0.1) is 34.9 Å². The molecule has 0 unspecified atom stereocenters. The molecule has 0 amide bonds. The number of hydrogen-bond acceptors (Lipinski definition) is 5. The van der Waals surface area contributed by atoms with E-state index >= 15 is 0 Å². The van der Waals surface area contributed by atoms with Gasteiger partial charge in [-0.05, 0) is 25.6 Å². The summed E-state index contributed by atoms with van der Waals surface area (Å²) in [5.41, 5.74) is 5.11. The van der Waals surface area contributed by atoms with Crippen LogP contribution >= 0.6 is 0 Å². The summed E-state index contributed by atoms with van der Waals surface area (Å²) in [6.45, 7) is 6.96. The molecule has 0 spiro atoms. The SMILES string of the molecule is CC(=O)/C=C(/C)O.COc1cc2ccc(-c3[c-]c(C)ccc3C)nc2cc1OC.[Ir]. The molecule has 5 nitrogen and oxygen atoms in total. The normalized spacial score (nSPS) is 10.5. The monoisotopic (exact) mass is 585 g/mol. The summed E-state index contributed by atoms with van der Waals surface area (Å²) in [6.07, 6.45) is 1.17. The molecule has 1 heterocycles. The third-order valence-electron chi connectivity index (χ3n) is 4.16. The number of carbonyl (C=O) groups excluding carboxylic acids is 1. The van der Waals surface area contributed by atoms with Gasteiger partial charge in [-0.3, -0.25) is 9.78 Å². The van der Waals surface area contributed by atoms with Crippen molar-refractivity contribution in [2.45, 2.75) is 27.7 Å². The largest absolute Gasteiger partial charge is 0.512 e. The number of ether oxygens (including phenoxy) is 2. The fraction of sp³-hybridized carbons (Fsp3) is 0.250. The van der Waals surface area contributed by atoms with Crippen molar-refractivity contribution >= 4 is 16.7 Å². The van der Waals surface area contributed by atoms with Gasteiger partial charge in [-0.1, -0.05) is 26.0 Å². The fourth-order valence-corrected chi connectivity index (χ4v) is 2.82. The first-order valence-electron chi connectivity index (χ1n) is 9.15. The maximum absolute atomic E-state index is 10.0. The van der Waals surface area contributed by atoms with Crippen LogP contribution in [-0.4, -0.2) is 30.1 Å². The summed E-state index contributed by atoms with van der Waals surface area (Å²) in [6, 6.07) is 15.5. The zero-order chi connectivity index (χ0) is 21.6. The molecule has 0 atom stereocenters. The first-order chi connectivity index (χ1) is 13.7. The third kappa shape index (κ3) is 6.68. The van der Waals surface area contributed by atoms with Crippen molar-refractivity contribution < 1.29 is 39.5 Å². The maximum Gasteiger partial charge on any atom is 0.162 e. The van der Waals surface area contributed by atoms with Crippen LogP contribution in [0.15, 0.2) is 48.2 Å². The molecule has 0 aliphatic rings. The predicted octanol–water partition coefficient (Wildman–Crippen LogP) is 5.37. The van der Waals surface area contributed by atoms with Crippen LogP contribution in [0.4, 0.5) is 0 Å². The Morgan fingerprint density at radius 2 is 1.67 bits per heavy atom. The molecule has 161 valence electrons. The molecule has 0 bridgehead atoms. The molecule has 0 aliphatic heterocycles. The molecular formula is C24H26IrNO4-. The molecule has 1 N–H and O–H groups in total. The Kier molecular flexibility index (Phi) is 9.70. The van der Waals surface area contributed by atoms with Gasteiger partial charge in [-0.2, -0.15) is 0 Å². The molecule has 6 heteroatoms. The molecule has 0 fully saturated rings. The molecule has 0 saturated heterocycles. The summed E-state index contributed by atoms with van der Waals surface area (Å²) < 4.78 is 10.7. The van der Waals surface area contributed by atoms with Gasteiger partial charge in [0, 0.05) is 37.6 Å². The molecule has 1 aromatic heterocycles. The van der Waals surface area contributed by atoms with Crippen LogP contribution in [0.25, 0.3) is 22.2 Å². The van der Waals surface area contributed by atoms with E-state index in [9.17, 15) is 4.79 Å². The fourth-order valence-electron chi connectivity index (χ4n) is 2.82. The predicted molar refractivity (Wildman–Crippen MR) is 116 cm³/mol. The Balaban J connectivity index is 0.000000489. The van der Waals surface area contributed by atoms with Crippen molar-refractivity contribution in [1.82, 2.24) is 4.98 Å². The Morgan fingerprint density at radius 1 is 1.03 bits per heavy atom. The van der Waals surface area contributed by atoms with Crippen molar-refractivity contribution in [3.8, 4) is 22.8 Å². The Morgan fingerprint density at radius 3 is 2.20 bits per heavy atom. The van der Waals surface area contributed by atoms with Gasteiger partial charge >= 0.3 is 0 Å². The number of methoxy groups -OCH3 is 2. The van der Waals surface area contributed by atoms with Gasteiger partial charge in [0.25, 0.3) is 0 Å². The van der Waals surface area contributed by atoms with E-state index in [1.165, 1.54) is 19.9 Å². The molecule has 2 aromatic carbocycles. The van der Waals surface area contributed by atoms with Crippen molar-refractivity contribution in [1.29, 1.82) is 0 Å². The van der Waals surface area contributed by atoms with E-state index in [1.54, 1.807) is 14.2 Å². The van der Waals surface area contributed by atoms with Crippen LogP contribution < -0.4 is 9.47 Å². The van der Waals surface area contributed by atoms with Crippen molar-refractivity contribution in [3.05, 3.63) is 65.4 Å². The van der Waals surface area contributed by atoms with E-state index in [-0.39, 0.29) is 31.6 Å². The van der Waals surface area contributed by atoms with Crippen molar-refractivity contribution in [3.63, 3.8) is 0 Å². The van der Waals surface area contributed by atoms with Crippen molar-refractivity contribution in [2.24, 2.45) is 0 Å². The number of hydrogen-bond donors (Lipinski definition) is 1. The van der Waals surface area contributed by atoms with E-state index < -0.39 is 0 Å². The number of nitrogens with zero attached hydrogens (tertiary/aromatic N) is 1. The smallest absolute Gasteiger partial charge is 0.162 e. The zero-order valence-electron chi connectivity index (χ0n) is 18.0. The number of pyridine rings is 1. The van der Waals surface area contributed by atoms with Crippen LogP contribution in [0.5, 0.6) is 11.5 Å². The topological polar surface area (TPSA) is 68.7 Å². The summed E-state index contributed by atoms with van der Waals surface area (Å²) in [4.78, 5) is 14.8. The number of aryl methyl sites for hydroxylation is 2. The standard InChI is InChI=1S/C19H18NO2.C5H8O2.Ir/c1-12-5-6-13(2)15(9-12)16-8-7-14-10-18(21-3)19(22-4)11-17(14)20-16;1-4(6)3-5(2)7;/h5-8,10-11H,1-4H3;3,6H,1-2H3;/q-1;;/b;4-3-;. The molecule has 3 aromatic rings. The number of allylic oxidation sites excluding steroid dienone is 2. The van der Waals surface area contributed by atoms with E-state index in [2.05, 4.69) is 31.2 Å². The molecule has 30 heavy (non-hydrogen) atoms. The van der Waals surface area contributed by atoms with Gasteiger partial charge in [0.2, 0.25) is 0 Å². The molecule has 1 radical (unpaired) electrons. The van der Waals surface area contributed by atoms with Gasteiger partial charge in [0.15, 0.2) is 17.3 Å². The Bertz CT molecular complexity index is 1060. The van der Waals surface area contributed by atoms with Crippen LogP contribution in [0.2, 0.25) is 0 Å². The van der Waals surface area contributed by atoms with E-state index in [4.69, 9.17) is 19.6 Å². The second-order valence-electron chi connectivity index (χ2n) is 6.69. The van der Waals surface area contributed by atoms with E-state index in [1.807, 2.05) is 25.1 Å². The maximum atomic E-state index is 10.0. The first kappa shape index (κ1) is 25.3. The van der Waals surface area contributed by atoms with E-state index in [0.717, 1.165) is 33.3 Å². The first-order valence-corrected chi connectivity index (χ1v) is 9.15. The average molecular weight is 585 g/mol. The molecule has 0 saturated carbocycles. The second kappa shape index (κ2) is 11.5. The minimum absolute atomic E-state index is 0. The average Bonchev–Trinajstić information content (AvgIpc) is 2.67. The number of ketones is 1. The quantitative estimate of drug-likeness (QED) is 0.254. The van der Waals surface area contributed by atoms with Gasteiger partial charge in [0.1, 0.15) is 0 Å². The minimum Gasteiger partial charge on any atom is -0.512 e. The van der Waals surface area contributed by atoms with Gasteiger partial charge < -0.3 is 14.6 Å². The van der Waals surface area contributed by atoms with Crippen LogP contribution in [0, 0.1) is 19.9 Å². The molecule has 3 rings (SSSR count). The summed E-state index contributed by atoms with van der Waals surface area (Å²) >= 11 is 0. The molecule has 0 aliphatic carbocycles. The van der Waals surface area contributed by atoms with Gasteiger partial charge in [-0.25, -0.2) is 0 Å². The number of aromatic nitrogens is 1. The summed E-state index contributed by atoms with van der Waals surface area (Å²) in [5, 5.41) is 9.38. The second-order valence-corrected chi connectivity index (χ2v) is 6.69. The molecular weight excluding hydrogens is 558 g/mol. The van der Waals surface area contributed by atoms with Crippen LogP contribution in [0.1, 0.15) is 25.0 Å². The van der Waals surface area contributed by atoms with Crippen molar-refractivity contribution in [2.75, 3.05) is 14.2 Å². The summed E-state index contributed by atoms with van der Waals surface area (Å²) in [5.74, 6) is 1.33. The number of aliphatic hydroxyl groups excluding tert-OH is 1. The third-order valence-corrected chi connectivity index (χ3v) is 4.16. The number of fused-ring (bicyclic) bond motifs is 1. The summed E-state index contributed by atoms with van der Waals surface area (Å²) in [7, 11) is 3.27.